The molecule has 3 rings (SSSR count). The summed E-state index contributed by atoms with van der Waals surface area (Å²) in [5, 5.41) is 0. The average Bonchev–Trinajstić information content (AvgIpc) is 2.74. The van der Waals surface area contributed by atoms with Gasteiger partial charge in [-0.1, -0.05) is 58.2 Å². The van der Waals surface area contributed by atoms with Crippen molar-refractivity contribution in [1.82, 2.24) is 0 Å². The largest absolute Gasteiger partial charge is 0.483 e. The Hall–Kier alpha value is -2.64. The lowest BCUT2D eigenvalue weighted by molar-refractivity contribution is -0.119. The van der Waals surface area contributed by atoms with E-state index in [1.54, 1.807) is 42.5 Å². The number of aryl methyl sites for hydroxylation is 3. The van der Waals surface area contributed by atoms with Gasteiger partial charge in [-0.05, 0) is 68.3 Å². The van der Waals surface area contributed by atoms with Gasteiger partial charge in [-0.15, -0.1) is 0 Å². The first-order valence-electron chi connectivity index (χ1n) is 9.85. The molecule has 31 heavy (non-hydrogen) atoms. The van der Waals surface area contributed by atoms with Crippen LogP contribution in [0.3, 0.4) is 0 Å². The molecule has 1 amide bonds. The summed E-state index contributed by atoms with van der Waals surface area (Å²) in [6.07, 6.45) is 0.715. The topological polar surface area (TPSA) is 63.7 Å². The fourth-order valence-electron chi connectivity index (χ4n) is 3.08. The number of benzene rings is 3. The monoisotopic (exact) mass is 501 g/mol. The Balaban J connectivity index is 1.95. The second kappa shape index (κ2) is 9.66. The van der Waals surface area contributed by atoms with Crippen molar-refractivity contribution in [3.63, 3.8) is 0 Å². The zero-order valence-corrected chi connectivity index (χ0v) is 20.0. The summed E-state index contributed by atoms with van der Waals surface area (Å²) in [6.45, 7) is 5.34. The molecule has 0 bridgehead atoms. The molecule has 5 nitrogen and oxygen atoms in total. The van der Waals surface area contributed by atoms with Crippen molar-refractivity contribution >= 4 is 37.5 Å². The number of halogens is 1. The first-order valence-corrected chi connectivity index (χ1v) is 12.1. The smallest absolute Gasteiger partial charge is 0.278 e. The first kappa shape index (κ1) is 23.0. The van der Waals surface area contributed by atoms with Gasteiger partial charge in [0.1, 0.15) is 5.75 Å². The van der Waals surface area contributed by atoms with Crippen molar-refractivity contribution in [3.8, 4) is 5.75 Å². The van der Waals surface area contributed by atoms with Crippen LogP contribution in [0.2, 0.25) is 0 Å². The van der Waals surface area contributed by atoms with E-state index in [4.69, 9.17) is 4.74 Å². The third kappa shape index (κ3) is 5.35. The zero-order chi connectivity index (χ0) is 22.6. The number of sulfonamides is 1. The molecule has 0 aromatic heterocycles. The predicted molar refractivity (Wildman–Crippen MR) is 126 cm³/mol. The highest BCUT2D eigenvalue weighted by Crippen LogP contribution is 2.27. The van der Waals surface area contributed by atoms with E-state index >= 15 is 0 Å². The van der Waals surface area contributed by atoms with Crippen LogP contribution in [0.5, 0.6) is 5.75 Å². The molecule has 0 saturated carbocycles. The van der Waals surface area contributed by atoms with Crippen LogP contribution in [0.1, 0.15) is 23.6 Å². The summed E-state index contributed by atoms with van der Waals surface area (Å²) >= 11 is 3.42. The maximum Gasteiger partial charge on any atom is 0.278 e. The Labute approximate surface area is 191 Å². The molecule has 0 spiro atoms. The summed E-state index contributed by atoms with van der Waals surface area (Å²) in [6, 6.07) is 18.7. The molecule has 0 radical (unpaired) electrons. The highest BCUT2D eigenvalue weighted by molar-refractivity contribution is 9.10. The summed E-state index contributed by atoms with van der Waals surface area (Å²) in [4.78, 5) is 13.2. The van der Waals surface area contributed by atoms with Crippen LogP contribution in [-0.2, 0) is 21.2 Å². The van der Waals surface area contributed by atoms with Crippen molar-refractivity contribution < 1.29 is 17.9 Å². The van der Waals surface area contributed by atoms with Gasteiger partial charge in [0.15, 0.2) is 6.61 Å². The molecule has 7 heteroatoms. The number of nitrogens with zero attached hydrogens (tertiary/aromatic N) is 1. The number of rotatable bonds is 7. The van der Waals surface area contributed by atoms with E-state index in [1.807, 2.05) is 32.9 Å². The molecule has 0 aliphatic rings. The van der Waals surface area contributed by atoms with Crippen LogP contribution in [0.15, 0.2) is 76.1 Å². The lowest BCUT2D eigenvalue weighted by Gasteiger charge is -2.23. The zero-order valence-electron chi connectivity index (χ0n) is 17.6. The van der Waals surface area contributed by atoms with Gasteiger partial charge in [-0.3, -0.25) is 4.79 Å². The highest BCUT2D eigenvalue weighted by atomic mass is 79.9. The SMILES string of the molecule is CCc1cc(Br)ccc1OCC(=O)N(c1ccc(C)cc1)S(=O)(=O)c1ccc(C)cc1. The predicted octanol–water partition coefficient (Wildman–Crippen LogP) is 5.43. The third-order valence-corrected chi connectivity index (χ3v) is 7.07. The summed E-state index contributed by atoms with van der Waals surface area (Å²) < 4.78 is 34.3. The van der Waals surface area contributed by atoms with Crippen molar-refractivity contribution in [2.75, 3.05) is 10.9 Å². The lowest BCUT2D eigenvalue weighted by Crippen LogP contribution is -2.40. The number of ether oxygens (including phenoxy) is 1. The van der Waals surface area contributed by atoms with Crippen LogP contribution < -0.4 is 9.04 Å². The average molecular weight is 502 g/mol. The Morgan fingerprint density at radius 1 is 0.935 bits per heavy atom. The van der Waals surface area contributed by atoms with Crippen LogP contribution in [0.4, 0.5) is 5.69 Å². The van der Waals surface area contributed by atoms with Gasteiger partial charge in [0.25, 0.3) is 15.9 Å². The first-order chi connectivity index (χ1) is 14.7. The summed E-state index contributed by atoms with van der Waals surface area (Å²) in [5.41, 5.74) is 3.08. The van der Waals surface area contributed by atoms with Crippen molar-refractivity contribution in [2.45, 2.75) is 32.1 Å². The Bertz CT molecular complexity index is 1170. The second-order valence-electron chi connectivity index (χ2n) is 7.21. The van der Waals surface area contributed by atoms with E-state index in [-0.39, 0.29) is 10.6 Å². The molecule has 3 aromatic rings. The quantitative estimate of drug-likeness (QED) is 0.432. The molecule has 0 aliphatic carbocycles. The molecule has 0 heterocycles. The van der Waals surface area contributed by atoms with E-state index in [9.17, 15) is 13.2 Å². The number of carbonyl (C=O) groups excluding carboxylic acids is 1. The number of hydrogen-bond donors (Lipinski definition) is 0. The Kier molecular flexibility index (Phi) is 7.18. The summed E-state index contributed by atoms with van der Waals surface area (Å²) in [5.74, 6) is -0.120. The molecule has 0 saturated heterocycles. The third-order valence-electron chi connectivity index (χ3n) is 4.81. The number of anilines is 1. The van der Waals surface area contributed by atoms with Gasteiger partial charge in [0.2, 0.25) is 0 Å². The van der Waals surface area contributed by atoms with Gasteiger partial charge in [-0.2, -0.15) is 4.31 Å². The molecule has 3 aromatic carbocycles. The normalized spacial score (nSPS) is 11.2. The maximum atomic E-state index is 13.4. The van der Waals surface area contributed by atoms with E-state index in [0.717, 1.165) is 25.5 Å². The molecular weight excluding hydrogens is 478 g/mol. The van der Waals surface area contributed by atoms with Crippen molar-refractivity contribution in [1.29, 1.82) is 0 Å². The molecule has 0 unspecified atom stereocenters. The Morgan fingerprint density at radius 2 is 1.52 bits per heavy atom. The van der Waals surface area contributed by atoms with E-state index < -0.39 is 22.5 Å². The number of carbonyl (C=O) groups is 1. The van der Waals surface area contributed by atoms with Crippen LogP contribution in [-0.4, -0.2) is 20.9 Å². The molecule has 0 atom stereocenters. The minimum atomic E-state index is -4.11. The second-order valence-corrected chi connectivity index (χ2v) is 9.91. The minimum absolute atomic E-state index is 0.0462. The van der Waals surface area contributed by atoms with Gasteiger partial charge >= 0.3 is 0 Å². The van der Waals surface area contributed by atoms with Gasteiger partial charge < -0.3 is 4.74 Å². The van der Waals surface area contributed by atoms with Crippen LogP contribution in [0.25, 0.3) is 0 Å². The summed E-state index contributed by atoms with van der Waals surface area (Å²) in [7, 11) is -4.11. The van der Waals surface area contributed by atoms with E-state index in [0.29, 0.717) is 12.2 Å². The van der Waals surface area contributed by atoms with Gasteiger partial charge in [-0.25, -0.2) is 8.42 Å². The van der Waals surface area contributed by atoms with E-state index in [1.165, 1.54) is 12.1 Å². The minimum Gasteiger partial charge on any atom is -0.483 e. The number of amides is 1. The van der Waals surface area contributed by atoms with Gasteiger partial charge in [0.05, 0.1) is 10.6 Å². The van der Waals surface area contributed by atoms with E-state index in [2.05, 4.69) is 15.9 Å². The standard InChI is InChI=1S/C24H24BrNO4S/c1-4-19-15-20(25)9-14-23(19)30-16-24(27)26(21-10-5-17(2)6-11-21)31(28,29)22-12-7-18(3)8-13-22/h5-15H,4,16H2,1-3H3. The fraction of sp³-hybridized carbons (Fsp3) is 0.208. The van der Waals surface area contributed by atoms with Gasteiger partial charge in [0, 0.05) is 4.47 Å². The lowest BCUT2D eigenvalue weighted by atomic mass is 10.1. The Morgan fingerprint density at radius 3 is 2.10 bits per heavy atom. The molecule has 0 N–H and O–H groups in total. The highest BCUT2D eigenvalue weighted by Gasteiger charge is 2.31. The fourth-order valence-corrected chi connectivity index (χ4v) is 4.90. The van der Waals surface area contributed by atoms with Crippen molar-refractivity contribution in [2.24, 2.45) is 0 Å². The van der Waals surface area contributed by atoms with Crippen molar-refractivity contribution in [3.05, 3.63) is 87.9 Å². The molecular formula is C24H24BrNO4S. The number of hydrogen-bond acceptors (Lipinski definition) is 4. The van der Waals surface area contributed by atoms with Crippen LogP contribution >= 0.6 is 15.9 Å². The molecule has 162 valence electrons. The van der Waals surface area contributed by atoms with Crippen LogP contribution in [0, 0.1) is 13.8 Å². The molecule has 0 fully saturated rings. The molecule has 0 aliphatic heterocycles. The maximum absolute atomic E-state index is 13.4.